The lowest BCUT2D eigenvalue weighted by Gasteiger charge is -2.32. The second-order valence-electron chi connectivity index (χ2n) is 8.51. The van der Waals surface area contributed by atoms with Gasteiger partial charge in [0.2, 0.25) is 21.8 Å². The Balaban J connectivity index is 2.29. The van der Waals surface area contributed by atoms with Crippen LogP contribution in [-0.2, 0) is 26.0 Å². The Labute approximate surface area is 209 Å². The van der Waals surface area contributed by atoms with E-state index in [9.17, 15) is 18.0 Å². The summed E-state index contributed by atoms with van der Waals surface area (Å²) in [6, 6.07) is 15.4. The second kappa shape index (κ2) is 13.1. The summed E-state index contributed by atoms with van der Waals surface area (Å²) < 4.78 is 31.7. The highest BCUT2D eigenvalue weighted by Gasteiger charge is 2.30. The fourth-order valence-corrected chi connectivity index (χ4v) is 4.37. The van der Waals surface area contributed by atoms with Crippen molar-refractivity contribution in [1.82, 2.24) is 10.2 Å². The van der Waals surface area contributed by atoms with Crippen molar-refractivity contribution in [1.29, 1.82) is 0 Å². The topological polar surface area (TPSA) is 96.0 Å². The van der Waals surface area contributed by atoms with E-state index in [4.69, 9.17) is 4.74 Å². The molecule has 0 aliphatic heterocycles. The molecule has 2 atom stereocenters. The van der Waals surface area contributed by atoms with E-state index >= 15 is 0 Å². The number of anilines is 1. The van der Waals surface area contributed by atoms with E-state index in [1.807, 2.05) is 51.1 Å². The second-order valence-corrected chi connectivity index (χ2v) is 10.4. The number of nitrogens with one attached hydrogen (secondary N) is 1. The van der Waals surface area contributed by atoms with Gasteiger partial charge in [-0.3, -0.25) is 13.9 Å². The molecule has 0 bridgehead atoms. The zero-order valence-electron chi connectivity index (χ0n) is 21.2. The van der Waals surface area contributed by atoms with Crippen LogP contribution in [0.1, 0.15) is 39.7 Å². The van der Waals surface area contributed by atoms with Crippen LogP contribution in [-0.4, -0.2) is 63.2 Å². The van der Waals surface area contributed by atoms with Gasteiger partial charge in [-0.2, -0.15) is 0 Å². The van der Waals surface area contributed by atoms with E-state index in [0.29, 0.717) is 24.5 Å². The molecule has 192 valence electrons. The summed E-state index contributed by atoms with van der Waals surface area (Å²) in [5.74, 6) is -0.115. The molecule has 0 aromatic heterocycles. The molecule has 9 heteroatoms. The average molecular weight is 504 g/mol. The van der Waals surface area contributed by atoms with Crippen LogP contribution in [0.4, 0.5) is 5.69 Å². The van der Waals surface area contributed by atoms with Crippen molar-refractivity contribution in [3.8, 4) is 5.75 Å². The minimum atomic E-state index is -3.76. The van der Waals surface area contributed by atoms with Crippen molar-refractivity contribution >= 4 is 27.5 Å². The van der Waals surface area contributed by atoms with Crippen LogP contribution < -0.4 is 14.4 Å². The van der Waals surface area contributed by atoms with Gasteiger partial charge in [0.1, 0.15) is 18.3 Å². The van der Waals surface area contributed by atoms with Gasteiger partial charge in [-0.05, 0) is 63.4 Å². The molecule has 0 spiro atoms. The van der Waals surface area contributed by atoms with Crippen molar-refractivity contribution in [2.45, 2.75) is 52.6 Å². The highest BCUT2D eigenvalue weighted by atomic mass is 32.2. The number of hydrogen-bond acceptors (Lipinski definition) is 5. The molecule has 8 nitrogen and oxygen atoms in total. The zero-order valence-corrected chi connectivity index (χ0v) is 22.0. The Morgan fingerprint density at radius 1 is 1.00 bits per heavy atom. The molecule has 0 aliphatic rings. The van der Waals surface area contributed by atoms with E-state index in [1.165, 1.54) is 4.90 Å². The largest absolute Gasteiger partial charge is 0.494 e. The van der Waals surface area contributed by atoms with Gasteiger partial charge in [0, 0.05) is 12.6 Å². The summed E-state index contributed by atoms with van der Waals surface area (Å²) in [5, 5.41) is 2.92. The predicted octanol–water partition coefficient (Wildman–Crippen LogP) is 3.23. The maximum atomic E-state index is 13.5. The van der Waals surface area contributed by atoms with Crippen molar-refractivity contribution in [3.63, 3.8) is 0 Å². The van der Waals surface area contributed by atoms with Gasteiger partial charge in [-0.25, -0.2) is 8.42 Å². The summed E-state index contributed by atoms with van der Waals surface area (Å²) in [5.41, 5.74) is 1.37. The van der Waals surface area contributed by atoms with Gasteiger partial charge in [0.25, 0.3) is 0 Å². The van der Waals surface area contributed by atoms with Crippen molar-refractivity contribution in [2.24, 2.45) is 0 Å². The standard InChI is InChI=1S/C26H37N3O5S/c1-6-20(3)27-26(31)21(4)28(18-17-22-11-9-8-10-12-22)25(30)19-29(35(5,32)33)23-13-15-24(16-14-23)34-7-2/h8-16,20-21H,6-7,17-19H2,1-5H3,(H,27,31)/t20-,21+/m1/s1. The normalized spacial score (nSPS) is 12.9. The molecule has 2 aromatic carbocycles. The van der Waals surface area contributed by atoms with Crippen LogP contribution in [0.5, 0.6) is 5.75 Å². The first-order chi connectivity index (χ1) is 16.6. The van der Waals surface area contributed by atoms with Crippen LogP contribution in [0.25, 0.3) is 0 Å². The number of amides is 2. The molecule has 0 radical (unpaired) electrons. The first kappa shape index (κ1) is 28.2. The van der Waals surface area contributed by atoms with E-state index in [2.05, 4.69) is 5.32 Å². The number of carbonyl (C=O) groups is 2. The van der Waals surface area contributed by atoms with Crippen molar-refractivity contribution < 1.29 is 22.7 Å². The monoisotopic (exact) mass is 503 g/mol. The lowest BCUT2D eigenvalue weighted by Crippen LogP contribution is -2.53. The van der Waals surface area contributed by atoms with Crippen LogP contribution >= 0.6 is 0 Å². The number of carbonyl (C=O) groups excluding carboxylic acids is 2. The first-order valence-electron chi connectivity index (χ1n) is 11.9. The summed E-state index contributed by atoms with van der Waals surface area (Å²) in [7, 11) is -3.76. The molecule has 0 heterocycles. The van der Waals surface area contributed by atoms with Gasteiger partial charge in [-0.15, -0.1) is 0 Å². The van der Waals surface area contributed by atoms with E-state index < -0.39 is 28.5 Å². The summed E-state index contributed by atoms with van der Waals surface area (Å²) in [6.07, 6.45) is 2.36. The van der Waals surface area contributed by atoms with Crippen molar-refractivity contribution in [2.75, 3.05) is 30.3 Å². The SMILES string of the molecule is CCOc1ccc(N(CC(=O)N(CCc2ccccc2)[C@@H](C)C(=O)N[C@H](C)CC)S(C)(=O)=O)cc1. The third-order valence-electron chi connectivity index (χ3n) is 5.77. The maximum absolute atomic E-state index is 13.5. The quantitative estimate of drug-likeness (QED) is 0.453. The zero-order chi connectivity index (χ0) is 26.0. The number of hydrogen-bond donors (Lipinski definition) is 1. The van der Waals surface area contributed by atoms with Gasteiger partial charge in [0.05, 0.1) is 18.6 Å². The number of sulfonamides is 1. The van der Waals surface area contributed by atoms with Gasteiger partial charge in [-0.1, -0.05) is 37.3 Å². The number of rotatable bonds is 13. The number of nitrogens with zero attached hydrogens (tertiary/aromatic N) is 2. The Morgan fingerprint density at radius 2 is 1.63 bits per heavy atom. The molecule has 0 saturated carbocycles. The lowest BCUT2D eigenvalue weighted by molar-refractivity contribution is -0.139. The van der Waals surface area contributed by atoms with Crippen LogP contribution in [0.3, 0.4) is 0 Å². The summed E-state index contributed by atoms with van der Waals surface area (Å²) >= 11 is 0. The molecule has 2 rings (SSSR count). The lowest BCUT2D eigenvalue weighted by atomic mass is 10.1. The number of benzene rings is 2. The molecule has 0 unspecified atom stereocenters. The van der Waals surface area contributed by atoms with E-state index in [-0.39, 0.29) is 18.5 Å². The molecule has 35 heavy (non-hydrogen) atoms. The summed E-state index contributed by atoms with van der Waals surface area (Å²) in [6.45, 7) is 7.75. The molecule has 2 amide bonds. The highest BCUT2D eigenvalue weighted by molar-refractivity contribution is 7.92. The third kappa shape index (κ3) is 8.58. The Kier molecular flexibility index (Phi) is 10.6. The maximum Gasteiger partial charge on any atom is 0.244 e. The minimum Gasteiger partial charge on any atom is -0.494 e. The minimum absolute atomic E-state index is 0.0348. The Bertz CT molecular complexity index is 1060. The molecule has 0 fully saturated rings. The molecule has 0 saturated heterocycles. The van der Waals surface area contributed by atoms with Gasteiger partial charge >= 0.3 is 0 Å². The predicted molar refractivity (Wildman–Crippen MR) is 139 cm³/mol. The van der Waals surface area contributed by atoms with Gasteiger partial charge < -0.3 is 15.0 Å². The van der Waals surface area contributed by atoms with Crippen LogP contribution in [0.15, 0.2) is 54.6 Å². The third-order valence-corrected chi connectivity index (χ3v) is 6.91. The molecule has 0 aliphatic carbocycles. The number of ether oxygens (including phenoxy) is 1. The van der Waals surface area contributed by atoms with Crippen molar-refractivity contribution in [3.05, 3.63) is 60.2 Å². The Morgan fingerprint density at radius 3 is 2.17 bits per heavy atom. The van der Waals surface area contributed by atoms with E-state index in [0.717, 1.165) is 22.5 Å². The fraction of sp³-hybridized carbons (Fsp3) is 0.462. The van der Waals surface area contributed by atoms with Gasteiger partial charge in [0.15, 0.2) is 0 Å². The molecule has 2 aromatic rings. The Hall–Kier alpha value is -3.07. The summed E-state index contributed by atoms with van der Waals surface area (Å²) in [4.78, 5) is 27.8. The van der Waals surface area contributed by atoms with E-state index in [1.54, 1.807) is 31.2 Å². The average Bonchev–Trinajstić information content (AvgIpc) is 2.83. The molecule has 1 N–H and O–H groups in total. The first-order valence-corrected chi connectivity index (χ1v) is 13.8. The molecular formula is C26H37N3O5S. The smallest absolute Gasteiger partial charge is 0.244 e. The fourth-order valence-electron chi connectivity index (χ4n) is 3.52. The van der Waals surface area contributed by atoms with Crippen LogP contribution in [0.2, 0.25) is 0 Å². The van der Waals surface area contributed by atoms with Crippen LogP contribution in [0, 0.1) is 0 Å². The molecular weight excluding hydrogens is 466 g/mol. The highest BCUT2D eigenvalue weighted by Crippen LogP contribution is 2.22.